The van der Waals surface area contributed by atoms with E-state index in [1.165, 1.54) is 16.0 Å². The van der Waals surface area contributed by atoms with E-state index < -0.39 is 5.91 Å². The smallest absolute Gasteiger partial charge is 0.254 e. The molecule has 3 rings (SSSR count). The van der Waals surface area contributed by atoms with Crippen molar-refractivity contribution in [1.29, 1.82) is 0 Å². The summed E-state index contributed by atoms with van der Waals surface area (Å²) in [5, 5.41) is 6.92. The van der Waals surface area contributed by atoms with Gasteiger partial charge in [-0.1, -0.05) is 6.07 Å². The third-order valence-electron chi connectivity index (χ3n) is 3.82. The molecule has 4 N–H and O–H groups in total. The number of hydrogen-bond donors (Lipinski definition) is 2. The summed E-state index contributed by atoms with van der Waals surface area (Å²) in [6.07, 6.45) is 1.64. The van der Waals surface area contributed by atoms with E-state index in [2.05, 4.69) is 10.1 Å². The van der Waals surface area contributed by atoms with Crippen LogP contribution in [0.15, 0.2) is 23.7 Å². The van der Waals surface area contributed by atoms with Gasteiger partial charge < -0.3 is 16.2 Å². The number of nitrogen functional groups attached to an aromatic ring is 1. The molecule has 24 heavy (non-hydrogen) atoms. The van der Waals surface area contributed by atoms with Crippen molar-refractivity contribution in [3.05, 3.63) is 40.4 Å². The summed E-state index contributed by atoms with van der Waals surface area (Å²) >= 11 is 1.37. The zero-order valence-corrected chi connectivity index (χ0v) is 14.3. The Morgan fingerprint density at radius 3 is 2.67 bits per heavy atom. The van der Waals surface area contributed by atoms with Gasteiger partial charge in [-0.3, -0.25) is 4.79 Å². The number of primary amides is 1. The van der Waals surface area contributed by atoms with Crippen LogP contribution in [0, 0.1) is 13.8 Å². The SMILES string of the molecule is COc1ccc(C)c(-n2nc(-c3nccs3)c(C(N)=O)c2N)c1C. The molecule has 7 nitrogen and oxygen atoms in total. The first-order valence-electron chi connectivity index (χ1n) is 7.18. The van der Waals surface area contributed by atoms with Crippen LogP contribution in [0.4, 0.5) is 5.82 Å². The summed E-state index contributed by atoms with van der Waals surface area (Å²) in [5.74, 6) is 0.260. The molecular weight excluding hydrogens is 326 g/mol. The standard InChI is InChI=1S/C16H17N5O2S/c1-8-4-5-10(23-3)9(2)13(8)21-14(17)11(15(18)22)12(20-21)16-19-6-7-24-16/h4-7H,17H2,1-3H3,(H2,18,22). The number of aromatic nitrogens is 3. The largest absolute Gasteiger partial charge is 0.496 e. The molecule has 1 aromatic carbocycles. The maximum absolute atomic E-state index is 11.9. The highest BCUT2D eigenvalue weighted by Crippen LogP contribution is 2.34. The van der Waals surface area contributed by atoms with Crippen molar-refractivity contribution in [2.24, 2.45) is 5.73 Å². The highest BCUT2D eigenvalue weighted by Gasteiger charge is 2.25. The van der Waals surface area contributed by atoms with Gasteiger partial charge in [0, 0.05) is 17.1 Å². The summed E-state index contributed by atoms with van der Waals surface area (Å²) in [4.78, 5) is 16.1. The van der Waals surface area contributed by atoms with E-state index in [9.17, 15) is 4.79 Å². The van der Waals surface area contributed by atoms with E-state index in [4.69, 9.17) is 16.2 Å². The molecule has 0 saturated heterocycles. The predicted molar refractivity (Wildman–Crippen MR) is 93.6 cm³/mol. The Balaban J connectivity index is 2.32. The van der Waals surface area contributed by atoms with Crippen LogP contribution in [-0.2, 0) is 0 Å². The lowest BCUT2D eigenvalue weighted by molar-refractivity contribution is 0.100. The monoisotopic (exact) mass is 343 g/mol. The fourth-order valence-corrected chi connectivity index (χ4v) is 3.33. The van der Waals surface area contributed by atoms with Gasteiger partial charge in [0.1, 0.15) is 27.8 Å². The van der Waals surface area contributed by atoms with Crippen molar-refractivity contribution >= 4 is 23.1 Å². The van der Waals surface area contributed by atoms with E-state index in [1.807, 2.05) is 26.0 Å². The third-order valence-corrected chi connectivity index (χ3v) is 4.60. The summed E-state index contributed by atoms with van der Waals surface area (Å²) < 4.78 is 6.91. The number of methoxy groups -OCH3 is 1. The van der Waals surface area contributed by atoms with Crippen LogP contribution < -0.4 is 16.2 Å². The van der Waals surface area contributed by atoms with Crippen LogP contribution in [0.1, 0.15) is 21.5 Å². The minimum atomic E-state index is -0.637. The zero-order chi connectivity index (χ0) is 17.4. The molecule has 0 bridgehead atoms. The maximum atomic E-state index is 11.9. The van der Waals surface area contributed by atoms with Gasteiger partial charge in [0.05, 0.1) is 12.8 Å². The van der Waals surface area contributed by atoms with Crippen molar-refractivity contribution in [3.63, 3.8) is 0 Å². The lowest BCUT2D eigenvalue weighted by atomic mass is 10.1. The second-order valence-corrected chi connectivity index (χ2v) is 6.18. The Morgan fingerprint density at radius 2 is 2.08 bits per heavy atom. The quantitative estimate of drug-likeness (QED) is 0.755. The van der Waals surface area contributed by atoms with Crippen LogP contribution in [-0.4, -0.2) is 27.8 Å². The number of thiazole rings is 1. The van der Waals surface area contributed by atoms with Crippen molar-refractivity contribution in [2.45, 2.75) is 13.8 Å². The highest BCUT2D eigenvalue weighted by molar-refractivity contribution is 7.13. The average molecular weight is 343 g/mol. The van der Waals surface area contributed by atoms with Gasteiger partial charge in [-0.15, -0.1) is 11.3 Å². The Hall–Kier alpha value is -2.87. The molecule has 2 aromatic heterocycles. The molecule has 124 valence electrons. The van der Waals surface area contributed by atoms with Crippen LogP contribution >= 0.6 is 11.3 Å². The normalized spacial score (nSPS) is 10.8. The van der Waals surface area contributed by atoms with Crippen LogP contribution in [0.25, 0.3) is 16.4 Å². The van der Waals surface area contributed by atoms with Gasteiger partial charge in [0.25, 0.3) is 5.91 Å². The van der Waals surface area contributed by atoms with Crippen molar-refractivity contribution in [2.75, 3.05) is 12.8 Å². The molecule has 0 spiro atoms. The van der Waals surface area contributed by atoms with Gasteiger partial charge in [-0.05, 0) is 25.5 Å². The zero-order valence-electron chi connectivity index (χ0n) is 13.5. The molecule has 0 atom stereocenters. The number of aryl methyl sites for hydroxylation is 1. The minimum absolute atomic E-state index is 0.173. The van der Waals surface area contributed by atoms with E-state index in [1.54, 1.807) is 18.7 Å². The topological polar surface area (TPSA) is 109 Å². The molecule has 0 aliphatic heterocycles. The molecule has 0 saturated carbocycles. The molecular formula is C16H17N5O2S. The van der Waals surface area contributed by atoms with Crippen molar-refractivity contribution < 1.29 is 9.53 Å². The van der Waals surface area contributed by atoms with Gasteiger partial charge in [-0.2, -0.15) is 5.10 Å². The van der Waals surface area contributed by atoms with Gasteiger partial charge >= 0.3 is 0 Å². The number of anilines is 1. The molecule has 1 amide bonds. The fourth-order valence-electron chi connectivity index (χ4n) is 2.70. The Bertz CT molecular complexity index is 915. The number of carbonyl (C=O) groups excluding carboxylic acids is 1. The fraction of sp³-hybridized carbons (Fsp3) is 0.188. The number of nitrogens with two attached hydrogens (primary N) is 2. The molecule has 0 aliphatic rings. The first-order chi connectivity index (χ1) is 11.5. The summed E-state index contributed by atoms with van der Waals surface area (Å²) in [5.41, 5.74) is 14.9. The molecule has 8 heteroatoms. The summed E-state index contributed by atoms with van der Waals surface area (Å²) in [7, 11) is 1.60. The third kappa shape index (κ3) is 2.41. The lowest BCUT2D eigenvalue weighted by Gasteiger charge is -2.14. The molecule has 0 fully saturated rings. The van der Waals surface area contributed by atoms with E-state index in [0.717, 1.165) is 16.8 Å². The second-order valence-electron chi connectivity index (χ2n) is 5.28. The molecule has 0 unspecified atom stereocenters. The Kier molecular flexibility index (Phi) is 3.98. The van der Waals surface area contributed by atoms with Crippen molar-refractivity contribution in [1.82, 2.24) is 14.8 Å². The molecule has 3 aromatic rings. The van der Waals surface area contributed by atoms with Crippen molar-refractivity contribution in [3.8, 4) is 22.1 Å². The predicted octanol–water partition coefficient (Wildman–Crippen LogP) is 2.30. The number of amides is 1. The van der Waals surface area contributed by atoms with E-state index >= 15 is 0 Å². The number of nitrogens with zero attached hydrogens (tertiary/aromatic N) is 3. The number of rotatable bonds is 4. The first kappa shape index (κ1) is 16.0. The number of carbonyl (C=O) groups is 1. The van der Waals surface area contributed by atoms with Crippen LogP contribution in [0.5, 0.6) is 5.75 Å². The number of ether oxygens (including phenoxy) is 1. The van der Waals surface area contributed by atoms with Crippen LogP contribution in [0.3, 0.4) is 0 Å². The maximum Gasteiger partial charge on any atom is 0.254 e. The first-order valence-corrected chi connectivity index (χ1v) is 8.06. The number of hydrogen-bond acceptors (Lipinski definition) is 6. The molecule has 2 heterocycles. The second kappa shape index (κ2) is 5.97. The lowest BCUT2D eigenvalue weighted by Crippen LogP contribution is -2.14. The molecule has 0 radical (unpaired) electrons. The Morgan fingerprint density at radius 1 is 1.33 bits per heavy atom. The highest BCUT2D eigenvalue weighted by atomic mass is 32.1. The van der Waals surface area contributed by atoms with E-state index in [-0.39, 0.29) is 11.4 Å². The summed E-state index contributed by atoms with van der Waals surface area (Å²) in [6, 6.07) is 3.79. The molecule has 0 aliphatic carbocycles. The van der Waals surface area contributed by atoms with Gasteiger partial charge in [0.15, 0.2) is 0 Å². The average Bonchev–Trinajstić information content (AvgIpc) is 3.16. The minimum Gasteiger partial charge on any atom is -0.496 e. The van der Waals surface area contributed by atoms with E-state index in [0.29, 0.717) is 16.5 Å². The van der Waals surface area contributed by atoms with Crippen LogP contribution in [0.2, 0.25) is 0 Å². The Labute approximate surface area is 142 Å². The van der Waals surface area contributed by atoms with Gasteiger partial charge in [-0.25, -0.2) is 9.67 Å². The van der Waals surface area contributed by atoms with Gasteiger partial charge in [0.2, 0.25) is 0 Å². The number of benzene rings is 1. The summed E-state index contributed by atoms with van der Waals surface area (Å²) in [6.45, 7) is 3.85.